The predicted molar refractivity (Wildman–Crippen MR) is 81.4 cm³/mol. The summed E-state index contributed by atoms with van der Waals surface area (Å²) in [5.41, 5.74) is 0. The molecule has 7 nitrogen and oxygen atoms in total. The number of carbonyl (C=O) groups excluding carboxylic acids is 1. The number of aryl methyl sites for hydroxylation is 1. The van der Waals surface area contributed by atoms with Crippen LogP contribution in [0.5, 0.6) is 0 Å². The van der Waals surface area contributed by atoms with Crippen molar-refractivity contribution < 1.29 is 14.4 Å². The standard InChI is InChI=1S/C15H26N4O3/c1-12(2)15-16-13(22-17-15)4-3-5-14(21)19-8-6-18(7-9-19)10-11-20/h12,20H,3-11H2,1-2H3. The Labute approximate surface area is 131 Å². The van der Waals surface area contributed by atoms with Gasteiger partial charge in [0.1, 0.15) is 0 Å². The topological polar surface area (TPSA) is 82.7 Å². The Balaban J connectivity index is 1.67. The minimum atomic E-state index is 0.177. The molecule has 1 aliphatic heterocycles. The fraction of sp³-hybridized carbons (Fsp3) is 0.800. The number of β-amino-alcohol motifs (C(OH)–C–C–N with tert-alkyl or cyclic N) is 1. The third kappa shape index (κ3) is 4.78. The maximum absolute atomic E-state index is 12.2. The Bertz CT molecular complexity index is 467. The molecule has 22 heavy (non-hydrogen) atoms. The zero-order valence-corrected chi connectivity index (χ0v) is 13.5. The van der Waals surface area contributed by atoms with E-state index in [1.54, 1.807) is 0 Å². The van der Waals surface area contributed by atoms with Gasteiger partial charge in [0.25, 0.3) is 0 Å². The number of hydrogen-bond donors (Lipinski definition) is 1. The van der Waals surface area contributed by atoms with Gasteiger partial charge in [-0.05, 0) is 6.42 Å². The van der Waals surface area contributed by atoms with E-state index in [1.807, 2.05) is 18.7 Å². The Morgan fingerprint density at radius 3 is 2.64 bits per heavy atom. The van der Waals surface area contributed by atoms with Crippen LogP contribution in [0.1, 0.15) is 44.3 Å². The summed E-state index contributed by atoms with van der Waals surface area (Å²) in [5.74, 6) is 1.78. The Morgan fingerprint density at radius 1 is 1.32 bits per heavy atom. The summed E-state index contributed by atoms with van der Waals surface area (Å²) in [6.45, 7) is 8.09. The minimum Gasteiger partial charge on any atom is -0.395 e. The van der Waals surface area contributed by atoms with E-state index in [1.165, 1.54) is 0 Å². The molecule has 1 aromatic heterocycles. The molecule has 0 radical (unpaired) electrons. The van der Waals surface area contributed by atoms with E-state index in [9.17, 15) is 4.79 Å². The van der Waals surface area contributed by atoms with Crippen LogP contribution in [0.25, 0.3) is 0 Å². The van der Waals surface area contributed by atoms with Gasteiger partial charge in [-0.1, -0.05) is 19.0 Å². The number of aliphatic hydroxyl groups excluding tert-OH is 1. The highest BCUT2D eigenvalue weighted by Crippen LogP contribution is 2.12. The van der Waals surface area contributed by atoms with Crippen molar-refractivity contribution in [2.45, 2.75) is 39.0 Å². The highest BCUT2D eigenvalue weighted by molar-refractivity contribution is 5.76. The van der Waals surface area contributed by atoms with Gasteiger partial charge in [0.05, 0.1) is 6.61 Å². The monoisotopic (exact) mass is 310 g/mol. The molecule has 124 valence electrons. The molecule has 0 unspecified atom stereocenters. The number of aromatic nitrogens is 2. The summed E-state index contributed by atoms with van der Waals surface area (Å²) in [6.07, 6.45) is 1.89. The molecule has 1 N–H and O–H groups in total. The van der Waals surface area contributed by atoms with Crippen LogP contribution in [-0.4, -0.2) is 70.3 Å². The summed E-state index contributed by atoms with van der Waals surface area (Å²) in [4.78, 5) is 20.6. The van der Waals surface area contributed by atoms with Crippen LogP contribution in [0.2, 0.25) is 0 Å². The lowest BCUT2D eigenvalue weighted by atomic mass is 10.2. The molecule has 1 aromatic rings. The van der Waals surface area contributed by atoms with Gasteiger partial charge in [-0.25, -0.2) is 0 Å². The molecule has 1 amide bonds. The smallest absolute Gasteiger partial charge is 0.226 e. The summed E-state index contributed by atoms with van der Waals surface area (Å²) in [5, 5.41) is 12.8. The third-order valence-electron chi connectivity index (χ3n) is 3.92. The predicted octanol–water partition coefficient (Wildman–Crippen LogP) is 0.652. The molecular weight excluding hydrogens is 284 g/mol. The first-order valence-corrected chi connectivity index (χ1v) is 8.03. The van der Waals surface area contributed by atoms with Gasteiger partial charge in [0.15, 0.2) is 5.82 Å². The summed E-state index contributed by atoms with van der Waals surface area (Å²) in [7, 11) is 0. The van der Waals surface area contributed by atoms with E-state index in [0.717, 1.165) is 38.4 Å². The number of carbonyl (C=O) groups is 1. The Morgan fingerprint density at radius 2 is 2.05 bits per heavy atom. The average molecular weight is 310 g/mol. The normalized spacial score (nSPS) is 16.5. The van der Waals surface area contributed by atoms with Gasteiger partial charge >= 0.3 is 0 Å². The molecule has 7 heteroatoms. The molecule has 0 spiro atoms. The molecule has 0 bridgehead atoms. The number of piperazine rings is 1. The quantitative estimate of drug-likeness (QED) is 0.796. The molecule has 2 rings (SSSR count). The maximum Gasteiger partial charge on any atom is 0.226 e. The first kappa shape index (κ1) is 16.9. The lowest BCUT2D eigenvalue weighted by Gasteiger charge is -2.34. The van der Waals surface area contributed by atoms with Crippen LogP contribution in [-0.2, 0) is 11.2 Å². The number of rotatable bonds is 7. The Hall–Kier alpha value is -1.47. The van der Waals surface area contributed by atoms with E-state index in [-0.39, 0.29) is 18.4 Å². The van der Waals surface area contributed by atoms with Crippen molar-refractivity contribution in [3.63, 3.8) is 0 Å². The third-order valence-corrected chi connectivity index (χ3v) is 3.92. The molecule has 2 heterocycles. The van der Waals surface area contributed by atoms with E-state index in [0.29, 0.717) is 25.3 Å². The SMILES string of the molecule is CC(C)c1noc(CCCC(=O)N2CCN(CCO)CC2)n1. The summed E-state index contributed by atoms with van der Waals surface area (Å²) >= 11 is 0. The second-order valence-electron chi connectivity index (χ2n) is 6.00. The average Bonchev–Trinajstić information content (AvgIpc) is 2.97. The van der Waals surface area contributed by atoms with E-state index >= 15 is 0 Å². The van der Waals surface area contributed by atoms with Crippen molar-refractivity contribution in [1.29, 1.82) is 0 Å². The van der Waals surface area contributed by atoms with E-state index < -0.39 is 0 Å². The van der Waals surface area contributed by atoms with Gasteiger partial charge in [0, 0.05) is 51.5 Å². The van der Waals surface area contributed by atoms with Crippen LogP contribution >= 0.6 is 0 Å². The number of aliphatic hydroxyl groups is 1. The molecule has 0 aromatic carbocycles. The van der Waals surface area contributed by atoms with Crippen molar-refractivity contribution >= 4 is 5.91 Å². The molecular formula is C15H26N4O3. The van der Waals surface area contributed by atoms with Crippen molar-refractivity contribution in [2.24, 2.45) is 0 Å². The van der Waals surface area contributed by atoms with Crippen molar-refractivity contribution in [3.05, 3.63) is 11.7 Å². The second-order valence-corrected chi connectivity index (χ2v) is 6.00. The molecule has 1 aliphatic rings. The maximum atomic E-state index is 12.2. The zero-order valence-electron chi connectivity index (χ0n) is 13.5. The molecule has 0 aliphatic carbocycles. The van der Waals surface area contributed by atoms with Gasteiger partial charge in [-0.3, -0.25) is 9.69 Å². The fourth-order valence-corrected chi connectivity index (χ4v) is 2.52. The second kappa shape index (κ2) is 8.24. The van der Waals surface area contributed by atoms with Gasteiger partial charge < -0.3 is 14.5 Å². The van der Waals surface area contributed by atoms with Gasteiger partial charge in [-0.15, -0.1) is 0 Å². The summed E-state index contributed by atoms with van der Waals surface area (Å²) in [6, 6.07) is 0. The first-order valence-electron chi connectivity index (χ1n) is 8.03. The summed E-state index contributed by atoms with van der Waals surface area (Å²) < 4.78 is 5.18. The van der Waals surface area contributed by atoms with Crippen molar-refractivity contribution in [1.82, 2.24) is 19.9 Å². The van der Waals surface area contributed by atoms with Crippen LogP contribution < -0.4 is 0 Å². The lowest BCUT2D eigenvalue weighted by Crippen LogP contribution is -2.49. The Kier molecular flexibility index (Phi) is 6.33. The lowest BCUT2D eigenvalue weighted by molar-refractivity contribution is -0.133. The highest BCUT2D eigenvalue weighted by Gasteiger charge is 2.20. The van der Waals surface area contributed by atoms with E-state index in [4.69, 9.17) is 9.63 Å². The van der Waals surface area contributed by atoms with Crippen LogP contribution in [0.4, 0.5) is 0 Å². The van der Waals surface area contributed by atoms with Gasteiger partial charge in [-0.2, -0.15) is 4.98 Å². The molecule has 0 atom stereocenters. The molecule has 1 saturated heterocycles. The van der Waals surface area contributed by atoms with Crippen LogP contribution in [0.3, 0.4) is 0 Å². The molecule has 0 saturated carbocycles. The zero-order chi connectivity index (χ0) is 15.9. The number of nitrogens with zero attached hydrogens (tertiary/aromatic N) is 4. The fourth-order valence-electron chi connectivity index (χ4n) is 2.52. The van der Waals surface area contributed by atoms with Crippen molar-refractivity contribution in [3.8, 4) is 0 Å². The van der Waals surface area contributed by atoms with Crippen molar-refractivity contribution in [2.75, 3.05) is 39.3 Å². The van der Waals surface area contributed by atoms with Gasteiger partial charge in [0.2, 0.25) is 11.8 Å². The van der Waals surface area contributed by atoms with Crippen LogP contribution in [0, 0.1) is 0 Å². The van der Waals surface area contributed by atoms with E-state index in [2.05, 4.69) is 15.0 Å². The highest BCUT2D eigenvalue weighted by atomic mass is 16.5. The number of hydrogen-bond acceptors (Lipinski definition) is 6. The minimum absolute atomic E-state index is 0.177. The van der Waals surface area contributed by atoms with Crippen LogP contribution in [0.15, 0.2) is 4.52 Å². The first-order chi connectivity index (χ1) is 10.6. The number of amides is 1. The largest absolute Gasteiger partial charge is 0.395 e. The molecule has 1 fully saturated rings.